The van der Waals surface area contributed by atoms with Gasteiger partial charge in [0, 0.05) is 55.2 Å². The zero-order chi connectivity index (χ0) is 13.1. The average Bonchev–Trinajstić information content (AvgIpc) is 2.88. The zero-order valence-electron chi connectivity index (χ0n) is 11.7. The molecule has 0 spiro atoms. The third kappa shape index (κ3) is 3.19. The first-order valence-corrected chi connectivity index (χ1v) is 8.25. The van der Waals surface area contributed by atoms with Gasteiger partial charge in [-0.15, -0.1) is 11.3 Å². The van der Waals surface area contributed by atoms with Crippen molar-refractivity contribution in [3.63, 3.8) is 0 Å². The molecule has 19 heavy (non-hydrogen) atoms. The fourth-order valence-corrected chi connectivity index (χ4v) is 4.42. The van der Waals surface area contributed by atoms with Crippen molar-refractivity contribution >= 4 is 11.3 Å². The molecule has 106 valence electrons. The number of nitrogens with zero attached hydrogens (tertiary/aromatic N) is 1. The second kappa shape index (κ2) is 6.35. The Morgan fingerprint density at radius 1 is 1.26 bits per heavy atom. The van der Waals surface area contributed by atoms with Crippen LogP contribution in [0.25, 0.3) is 0 Å². The molecule has 3 nitrogen and oxygen atoms in total. The number of hydrogen-bond donors (Lipinski definition) is 1. The fourth-order valence-electron chi connectivity index (χ4n) is 3.31. The van der Waals surface area contributed by atoms with Gasteiger partial charge in [-0.1, -0.05) is 0 Å². The Balaban J connectivity index is 1.81. The highest BCUT2D eigenvalue weighted by Gasteiger charge is 2.31. The van der Waals surface area contributed by atoms with E-state index < -0.39 is 0 Å². The van der Waals surface area contributed by atoms with E-state index in [1.807, 2.05) is 11.3 Å². The molecular weight excluding hydrogens is 256 g/mol. The molecule has 0 aromatic carbocycles. The van der Waals surface area contributed by atoms with Crippen molar-refractivity contribution < 1.29 is 4.74 Å². The summed E-state index contributed by atoms with van der Waals surface area (Å²) < 4.78 is 5.55. The van der Waals surface area contributed by atoms with E-state index in [2.05, 4.69) is 29.3 Å². The molecule has 3 heterocycles. The summed E-state index contributed by atoms with van der Waals surface area (Å²) in [6, 6.07) is 5.24. The van der Waals surface area contributed by atoms with Crippen molar-refractivity contribution in [2.24, 2.45) is 5.92 Å². The third-order valence-electron chi connectivity index (χ3n) is 4.31. The summed E-state index contributed by atoms with van der Waals surface area (Å²) in [4.78, 5) is 5.69. The minimum Gasteiger partial charge on any atom is -0.381 e. The van der Waals surface area contributed by atoms with Crippen LogP contribution in [0.4, 0.5) is 0 Å². The van der Waals surface area contributed by atoms with Gasteiger partial charge >= 0.3 is 0 Å². The molecule has 2 fully saturated rings. The van der Waals surface area contributed by atoms with Crippen molar-refractivity contribution in [1.82, 2.24) is 10.2 Å². The highest BCUT2D eigenvalue weighted by atomic mass is 32.1. The molecule has 2 saturated heterocycles. The molecule has 1 aromatic heterocycles. The lowest BCUT2D eigenvalue weighted by molar-refractivity contribution is 0.0223. The van der Waals surface area contributed by atoms with Gasteiger partial charge in [-0.2, -0.15) is 0 Å². The monoisotopic (exact) mass is 280 g/mol. The lowest BCUT2D eigenvalue weighted by atomic mass is 9.89. The zero-order valence-corrected chi connectivity index (χ0v) is 12.5. The van der Waals surface area contributed by atoms with Crippen molar-refractivity contribution in [3.8, 4) is 0 Å². The summed E-state index contributed by atoms with van der Waals surface area (Å²) in [5.74, 6) is 0.768. The van der Waals surface area contributed by atoms with Gasteiger partial charge in [-0.25, -0.2) is 0 Å². The van der Waals surface area contributed by atoms with Crippen molar-refractivity contribution in [1.29, 1.82) is 0 Å². The second-order valence-electron chi connectivity index (χ2n) is 5.63. The average molecular weight is 280 g/mol. The summed E-state index contributed by atoms with van der Waals surface area (Å²) >= 11 is 1.98. The molecule has 1 atom stereocenters. The van der Waals surface area contributed by atoms with Gasteiger partial charge in [0.1, 0.15) is 0 Å². The molecular formula is C15H24N2OS. The van der Waals surface area contributed by atoms with Gasteiger partial charge in [0.25, 0.3) is 0 Å². The molecule has 0 saturated carbocycles. The van der Waals surface area contributed by atoms with Crippen molar-refractivity contribution in [3.05, 3.63) is 21.9 Å². The normalized spacial score (nSPS) is 24.5. The van der Waals surface area contributed by atoms with Gasteiger partial charge in [0.15, 0.2) is 0 Å². The van der Waals surface area contributed by atoms with Crippen LogP contribution in [-0.2, 0) is 4.74 Å². The minimum atomic E-state index is 0.615. The number of hydrogen-bond acceptors (Lipinski definition) is 4. The Hall–Kier alpha value is -0.420. The van der Waals surface area contributed by atoms with Crippen LogP contribution in [0.1, 0.15) is 28.6 Å². The number of nitrogens with one attached hydrogen (secondary N) is 1. The summed E-state index contributed by atoms with van der Waals surface area (Å²) in [6.45, 7) is 8.72. The Kier molecular flexibility index (Phi) is 4.53. The van der Waals surface area contributed by atoms with Crippen LogP contribution >= 0.6 is 11.3 Å². The lowest BCUT2D eigenvalue weighted by Gasteiger charge is -2.40. The maximum Gasteiger partial charge on any atom is 0.0472 e. The summed E-state index contributed by atoms with van der Waals surface area (Å²) in [7, 11) is 0. The summed E-state index contributed by atoms with van der Waals surface area (Å²) in [5, 5.41) is 3.47. The largest absolute Gasteiger partial charge is 0.381 e. The third-order valence-corrected chi connectivity index (χ3v) is 5.38. The predicted molar refractivity (Wildman–Crippen MR) is 79.8 cm³/mol. The van der Waals surface area contributed by atoms with E-state index in [1.165, 1.54) is 30.8 Å². The summed E-state index contributed by atoms with van der Waals surface area (Å²) in [5.41, 5.74) is 0. The van der Waals surface area contributed by atoms with Crippen molar-refractivity contribution in [2.45, 2.75) is 25.8 Å². The molecule has 0 unspecified atom stereocenters. The van der Waals surface area contributed by atoms with Gasteiger partial charge in [0.2, 0.25) is 0 Å². The van der Waals surface area contributed by atoms with E-state index in [1.54, 1.807) is 4.88 Å². The van der Waals surface area contributed by atoms with Crippen LogP contribution < -0.4 is 5.32 Å². The number of piperazine rings is 1. The molecule has 2 aliphatic rings. The smallest absolute Gasteiger partial charge is 0.0472 e. The quantitative estimate of drug-likeness (QED) is 0.920. The first-order valence-electron chi connectivity index (χ1n) is 7.43. The molecule has 2 aliphatic heterocycles. The van der Waals surface area contributed by atoms with Gasteiger partial charge in [0.05, 0.1) is 0 Å². The first-order chi connectivity index (χ1) is 9.34. The van der Waals surface area contributed by atoms with Gasteiger partial charge in [-0.05, 0) is 37.8 Å². The first kappa shape index (κ1) is 13.6. The Morgan fingerprint density at radius 3 is 2.63 bits per heavy atom. The van der Waals surface area contributed by atoms with E-state index >= 15 is 0 Å². The van der Waals surface area contributed by atoms with E-state index in [9.17, 15) is 0 Å². The molecule has 0 radical (unpaired) electrons. The SMILES string of the molecule is Cc1ccc([C@H](C2CCOCC2)N2CCNCC2)s1. The predicted octanol–water partition coefficient (Wildman–Crippen LogP) is 2.43. The maximum absolute atomic E-state index is 5.55. The van der Waals surface area contributed by atoms with Gasteiger partial charge < -0.3 is 10.1 Å². The lowest BCUT2D eigenvalue weighted by Crippen LogP contribution is -2.47. The second-order valence-corrected chi connectivity index (χ2v) is 6.95. The maximum atomic E-state index is 5.55. The molecule has 0 bridgehead atoms. The van der Waals surface area contributed by atoms with Crippen LogP contribution in [-0.4, -0.2) is 44.3 Å². The van der Waals surface area contributed by atoms with Crippen LogP contribution in [0, 0.1) is 12.8 Å². The Morgan fingerprint density at radius 2 is 2.00 bits per heavy atom. The van der Waals surface area contributed by atoms with Crippen LogP contribution in [0.15, 0.2) is 12.1 Å². The van der Waals surface area contributed by atoms with E-state index in [-0.39, 0.29) is 0 Å². The molecule has 0 aliphatic carbocycles. The highest BCUT2D eigenvalue weighted by molar-refractivity contribution is 7.12. The van der Waals surface area contributed by atoms with E-state index in [4.69, 9.17) is 4.74 Å². The van der Waals surface area contributed by atoms with Crippen LogP contribution in [0.5, 0.6) is 0 Å². The summed E-state index contributed by atoms with van der Waals surface area (Å²) in [6.07, 6.45) is 2.43. The topological polar surface area (TPSA) is 24.5 Å². The Labute approximate surface area is 119 Å². The highest BCUT2D eigenvalue weighted by Crippen LogP contribution is 2.38. The van der Waals surface area contributed by atoms with E-state index in [0.29, 0.717) is 6.04 Å². The number of rotatable bonds is 3. The van der Waals surface area contributed by atoms with Crippen LogP contribution in [0.2, 0.25) is 0 Å². The number of ether oxygens (including phenoxy) is 1. The number of aryl methyl sites for hydroxylation is 1. The molecule has 3 rings (SSSR count). The minimum absolute atomic E-state index is 0.615. The Bertz CT molecular complexity index is 377. The van der Waals surface area contributed by atoms with Crippen molar-refractivity contribution in [2.75, 3.05) is 39.4 Å². The van der Waals surface area contributed by atoms with E-state index in [0.717, 1.165) is 32.2 Å². The standard InChI is InChI=1S/C15H24N2OS/c1-12-2-3-14(19-12)15(13-4-10-18-11-5-13)17-8-6-16-7-9-17/h2-3,13,15-16H,4-11H2,1H3/t15-/m0/s1. The molecule has 1 aromatic rings. The van der Waals surface area contributed by atoms with Crippen LogP contribution in [0.3, 0.4) is 0 Å². The molecule has 0 amide bonds. The molecule has 4 heteroatoms. The van der Waals surface area contributed by atoms with Gasteiger partial charge in [-0.3, -0.25) is 4.90 Å². The fraction of sp³-hybridized carbons (Fsp3) is 0.733. The molecule has 1 N–H and O–H groups in total. The number of thiophene rings is 1.